The molecule has 2 rings (SSSR count). The van der Waals surface area contributed by atoms with Crippen LogP contribution in [0.1, 0.15) is 11.1 Å². The normalized spacial score (nSPS) is 10.8. The predicted molar refractivity (Wildman–Crippen MR) is 62.1 cm³/mol. The molecule has 90 valence electrons. The minimum absolute atomic E-state index is 0.393. The van der Waals surface area contributed by atoms with Gasteiger partial charge in [-0.25, -0.2) is 4.79 Å². The Morgan fingerprint density at radius 2 is 2.18 bits per heavy atom. The number of hydrogen-bond donors (Lipinski definition) is 0. The van der Waals surface area contributed by atoms with Crippen LogP contribution in [0, 0.1) is 6.92 Å². The van der Waals surface area contributed by atoms with Gasteiger partial charge in [-0.2, -0.15) is 9.48 Å². The van der Waals surface area contributed by atoms with Crippen LogP contribution < -0.4 is 5.69 Å². The number of tetrazole rings is 1. The second kappa shape index (κ2) is 4.50. The molecule has 0 saturated heterocycles. The number of methoxy groups -OCH3 is 1. The van der Waals surface area contributed by atoms with Crippen LogP contribution in [0.3, 0.4) is 0 Å². The molecule has 1 aromatic carbocycles. The molecule has 0 bridgehead atoms. The lowest BCUT2D eigenvalue weighted by atomic mass is 10.1. The third kappa shape index (κ3) is 1.99. The summed E-state index contributed by atoms with van der Waals surface area (Å²) in [5, 5.41) is 7.20. The van der Waals surface area contributed by atoms with Crippen molar-refractivity contribution in [1.82, 2.24) is 19.8 Å². The van der Waals surface area contributed by atoms with E-state index >= 15 is 0 Å². The third-order valence-electron chi connectivity index (χ3n) is 2.63. The minimum Gasteiger partial charge on any atom is -0.380 e. The lowest BCUT2D eigenvalue weighted by Crippen LogP contribution is -2.22. The first-order valence-corrected chi connectivity index (χ1v) is 5.22. The Bertz CT molecular complexity index is 585. The van der Waals surface area contributed by atoms with Crippen molar-refractivity contribution < 1.29 is 4.74 Å². The topological polar surface area (TPSA) is 61.9 Å². The van der Waals surface area contributed by atoms with Crippen molar-refractivity contribution in [3.63, 3.8) is 0 Å². The number of rotatable bonds is 3. The van der Waals surface area contributed by atoms with E-state index in [9.17, 15) is 4.79 Å². The summed E-state index contributed by atoms with van der Waals surface area (Å²) in [6.07, 6.45) is 0. The van der Waals surface area contributed by atoms with Gasteiger partial charge >= 0.3 is 5.69 Å². The Hall–Kier alpha value is -1.95. The van der Waals surface area contributed by atoms with Crippen LogP contribution in [0.4, 0.5) is 0 Å². The first-order chi connectivity index (χ1) is 8.15. The van der Waals surface area contributed by atoms with E-state index in [0.29, 0.717) is 6.61 Å². The molecule has 0 fully saturated rings. The predicted octanol–water partition coefficient (Wildman–Crippen LogP) is 0.421. The van der Waals surface area contributed by atoms with Crippen LogP contribution in [-0.4, -0.2) is 26.9 Å². The SMILES string of the molecule is COCc1c(C)cccc1-n1c(=O)nnn1C. The van der Waals surface area contributed by atoms with Crippen molar-refractivity contribution in [2.45, 2.75) is 13.5 Å². The Morgan fingerprint density at radius 3 is 2.76 bits per heavy atom. The molecule has 0 aliphatic rings. The van der Waals surface area contributed by atoms with Gasteiger partial charge in [0.05, 0.1) is 12.3 Å². The van der Waals surface area contributed by atoms with Crippen molar-refractivity contribution in [2.24, 2.45) is 7.05 Å². The van der Waals surface area contributed by atoms with Crippen molar-refractivity contribution >= 4 is 0 Å². The van der Waals surface area contributed by atoms with Gasteiger partial charge in [-0.15, -0.1) is 0 Å². The van der Waals surface area contributed by atoms with E-state index in [4.69, 9.17) is 4.74 Å². The van der Waals surface area contributed by atoms with Gasteiger partial charge < -0.3 is 4.74 Å². The summed E-state index contributed by atoms with van der Waals surface area (Å²) in [4.78, 5) is 13.0. The quantitative estimate of drug-likeness (QED) is 0.772. The Labute approximate surface area is 98.4 Å². The fourth-order valence-corrected chi connectivity index (χ4v) is 1.79. The van der Waals surface area contributed by atoms with E-state index < -0.39 is 5.69 Å². The maximum Gasteiger partial charge on any atom is 0.388 e. The van der Waals surface area contributed by atoms with Crippen molar-refractivity contribution in [2.75, 3.05) is 7.11 Å². The van der Waals surface area contributed by atoms with Gasteiger partial charge in [0.25, 0.3) is 0 Å². The van der Waals surface area contributed by atoms with Gasteiger partial charge in [-0.05, 0) is 23.8 Å². The number of ether oxygens (including phenoxy) is 1. The van der Waals surface area contributed by atoms with E-state index in [-0.39, 0.29) is 0 Å². The molecule has 0 N–H and O–H groups in total. The molecular weight excluding hydrogens is 220 g/mol. The summed E-state index contributed by atoms with van der Waals surface area (Å²) in [6, 6.07) is 5.72. The maximum absolute atomic E-state index is 11.6. The Kier molecular flexibility index (Phi) is 3.06. The number of aryl methyl sites for hydroxylation is 2. The van der Waals surface area contributed by atoms with Gasteiger partial charge in [0.15, 0.2) is 0 Å². The second-order valence-electron chi connectivity index (χ2n) is 3.78. The molecule has 0 saturated carbocycles. The third-order valence-corrected chi connectivity index (χ3v) is 2.63. The molecule has 2 aromatic rings. The zero-order valence-corrected chi connectivity index (χ0v) is 10.0. The van der Waals surface area contributed by atoms with Crippen LogP contribution in [-0.2, 0) is 18.4 Å². The highest BCUT2D eigenvalue weighted by molar-refractivity contribution is 5.44. The Balaban J connectivity index is 2.67. The fourth-order valence-electron chi connectivity index (χ4n) is 1.79. The molecule has 0 amide bonds. The van der Waals surface area contributed by atoms with Crippen LogP contribution >= 0.6 is 0 Å². The Morgan fingerprint density at radius 1 is 1.41 bits per heavy atom. The van der Waals surface area contributed by atoms with Gasteiger partial charge in [-0.1, -0.05) is 17.2 Å². The highest BCUT2D eigenvalue weighted by Crippen LogP contribution is 2.17. The standard InChI is InChI=1S/C11H14N4O2/c1-8-5-4-6-10(9(8)7-17-3)15-11(16)12-13-14(15)2/h4-6H,7H2,1-3H3. The summed E-state index contributed by atoms with van der Waals surface area (Å²) >= 11 is 0. The molecule has 1 aromatic heterocycles. The van der Waals surface area contributed by atoms with Gasteiger partial charge in [0, 0.05) is 19.7 Å². The van der Waals surface area contributed by atoms with E-state index in [1.807, 2.05) is 25.1 Å². The first kappa shape index (κ1) is 11.5. The summed E-state index contributed by atoms with van der Waals surface area (Å²) in [5.41, 5.74) is 2.39. The number of aromatic nitrogens is 4. The van der Waals surface area contributed by atoms with Crippen LogP contribution in [0.2, 0.25) is 0 Å². The second-order valence-corrected chi connectivity index (χ2v) is 3.78. The molecule has 17 heavy (non-hydrogen) atoms. The molecule has 0 aliphatic carbocycles. The van der Waals surface area contributed by atoms with Gasteiger partial charge in [0.1, 0.15) is 0 Å². The lowest BCUT2D eigenvalue weighted by molar-refractivity contribution is 0.184. The largest absolute Gasteiger partial charge is 0.388 e. The smallest absolute Gasteiger partial charge is 0.380 e. The lowest BCUT2D eigenvalue weighted by Gasteiger charge is -2.12. The molecule has 1 heterocycles. The maximum atomic E-state index is 11.6. The number of hydrogen-bond acceptors (Lipinski definition) is 4. The van der Waals surface area contributed by atoms with Crippen LogP contribution in [0.5, 0.6) is 0 Å². The average Bonchev–Trinajstić information content (AvgIpc) is 2.62. The first-order valence-electron chi connectivity index (χ1n) is 5.22. The van der Waals surface area contributed by atoms with E-state index in [2.05, 4.69) is 10.3 Å². The van der Waals surface area contributed by atoms with Gasteiger partial charge in [0.2, 0.25) is 0 Å². The highest BCUT2D eigenvalue weighted by Gasteiger charge is 2.12. The molecule has 0 radical (unpaired) electrons. The van der Waals surface area contributed by atoms with Crippen LogP contribution in [0.25, 0.3) is 5.69 Å². The number of nitrogens with zero attached hydrogens (tertiary/aromatic N) is 4. The molecule has 0 spiro atoms. The van der Waals surface area contributed by atoms with E-state index in [1.54, 1.807) is 14.2 Å². The van der Waals surface area contributed by atoms with Crippen molar-refractivity contribution in [1.29, 1.82) is 0 Å². The van der Waals surface area contributed by atoms with Crippen molar-refractivity contribution in [3.8, 4) is 5.69 Å². The molecule has 6 heteroatoms. The molecule has 0 unspecified atom stereocenters. The van der Waals surface area contributed by atoms with Crippen LogP contribution in [0.15, 0.2) is 23.0 Å². The highest BCUT2D eigenvalue weighted by atomic mass is 16.5. The summed E-state index contributed by atoms with van der Waals surface area (Å²) < 4.78 is 6.58. The average molecular weight is 234 g/mol. The van der Waals surface area contributed by atoms with E-state index in [0.717, 1.165) is 16.8 Å². The molecule has 6 nitrogen and oxygen atoms in total. The van der Waals surface area contributed by atoms with E-state index in [1.165, 1.54) is 9.48 Å². The molecule has 0 aliphatic heterocycles. The molecular formula is C11H14N4O2. The number of benzene rings is 1. The molecule has 0 atom stereocenters. The minimum atomic E-state index is -0.393. The summed E-state index contributed by atoms with van der Waals surface area (Å²) in [7, 11) is 3.30. The van der Waals surface area contributed by atoms with Gasteiger partial charge in [-0.3, -0.25) is 0 Å². The zero-order chi connectivity index (χ0) is 12.4. The van der Waals surface area contributed by atoms with Crippen molar-refractivity contribution in [3.05, 3.63) is 39.8 Å². The zero-order valence-electron chi connectivity index (χ0n) is 10.0. The summed E-state index contributed by atoms with van der Waals surface area (Å²) in [5.74, 6) is 0. The summed E-state index contributed by atoms with van der Waals surface area (Å²) in [6.45, 7) is 2.42. The monoisotopic (exact) mass is 234 g/mol. The fraction of sp³-hybridized carbons (Fsp3) is 0.364.